The van der Waals surface area contributed by atoms with Crippen molar-refractivity contribution in [3.05, 3.63) is 101 Å². The molecule has 0 radical (unpaired) electrons. The maximum atomic E-state index is 12.1. The Balaban J connectivity index is 1.44. The van der Waals surface area contributed by atoms with Gasteiger partial charge in [0, 0.05) is 22.4 Å². The van der Waals surface area contributed by atoms with Crippen LogP contribution in [0.5, 0.6) is 5.75 Å². The van der Waals surface area contributed by atoms with Gasteiger partial charge in [-0.05, 0) is 48.7 Å². The monoisotopic (exact) mass is 392 g/mol. The molecule has 0 aliphatic carbocycles. The van der Waals surface area contributed by atoms with Gasteiger partial charge in [-0.1, -0.05) is 60.1 Å². The molecule has 0 bridgehead atoms. The zero-order valence-electron chi connectivity index (χ0n) is 15.3. The van der Waals surface area contributed by atoms with Gasteiger partial charge in [-0.25, -0.2) is 5.43 Å². The summed E-state index contributed by atoms with van der Waals surface area (Å²) in [6.07, 6.45) is 3.36. The summed E-state index contributed by atoms with van der Waals surface area (Å²) in [7, 11) is 0. The van der Waals surface area contributed by atoms with E-state index in [1.165, 1.54) is 5.56 Å². The molecule has 5 heteroatoms. The second-order valence-electron chi connectivity index (χ2n) is 6.18. The third-order valence-electron chi connectivity index (χ3n) is 4.13. The fourth-order valence-electron chi connectivity index (χ4n) is 2.59. The van der Waals surface area contributed by atoms with E-state index in [0.29, 0.717) is 22.9 Å². The number of carbonyl (C=O) groups excluding carboxylic acids is 1. The largest absolute Gasteiger partial charge is 0.489 e. The van der Waals surface area contributed by atoms with Crippen LogP contribution in [0.1, 0.15) is 27.9 Å². The van der Waals surface area contributed by atoms with Crippen LogP contribution in [-0.2, 0) is 13.0 Å². The van der Waals surface area contributed by atoms with E-state index in [9.17, 15) is 4.79 Å². The molecule has 0 saturated heterocycles. The number of halogens is 1. The predicted octanol–water partition coefficient (Wildman–Crippen LogP) is 5.27. The van der Waals surface area contributed by atoms with E-state index < -0.39 is 0 Å². The van der Waals surface area contributed by atoms with Crippen LogP contribution in [0.4, 0.5) is 0 Å². The molecule has 0 unspecified atom stereocenters. The average Bonchev–Trinajstić information content (AvgIpc) is 2.74. The van der Waals surface area contributed by atoms with Crippen LogP contribution in [-0.4, -0.2) is 12.1 Å². The van der Waals surface area contributed by atoms with Gasteiger partial charge in [0.2, 0.25) is 0 Å². The molecule has 0 aromatic heterocycles. The quantitative estimate of drug-likeness (QED) is 0.419. The molecule has 0 aliphatic heterocycles. The minimum atomic E-state index is -0.256. The van der Waals surface area contributed by atoms with Gasteiger partial charge < -0.3 is 4.74 Å². The molecule has 3 aromatic rings. The Morgan fingerprint density at radius 2 is 1.68 bits per heavy atom. The molecule has 1 N–H and O–H groups in total. The van der Waals surface area contributed by atoms with Crippen LogP contribution in [0.3, 0.4) is 0 Å². The van der Waals surface area contributed by atoms with E-state index in [0.717, 1.165) is 18.4 Å². The molecule has 142 valence electrons. The molecule has 0 atom stereocenters. The van der Waals surface area contributed by atoms with Crippen molar-refractivity contribution in [3.63, 3.8) is 0 Å². The predicted molar refractivity (Wildman–Crippen MR) is 113 cm³/mol. The minimum absolute atomic E-state index is 0.256. The number of nitrogens with one attached hydrogen (secondary N) is 1. The highest BCUT2D eigenvalue weighted by atomic mass is 35.5. The number of nitrogens with zero attached hydrogens (tertiary/aromatic N) is 1. The Kier molecular flexibility index (Phi) is 7.21. The van der Waals surface area contributed by atoms with Crippen LogP contribution in [0.25, 0.3) is 0 Å². The first-order chi connectivity index (χ1) is 13.7. The van der Waals surface area contributed by atoms with Gasteiger partial charge in [-0.2, -0.15) is 5.10 Å². The van der Waals surface area contributed by atoms with Crippen LogP contribution in [0, 0.1) is 0 Å². The molecule has 3 aromatic carbocycles. The third kappa shape index (κ3) is 5.96. The highest BCUT2D eigenvalue weighted by Crippen LogP contribution is 2.19. The van der Waals surface area contributed by atoms with Crippen LogP contribution < -0.4 is 10.2 Å². The first kappa shape index (κ1) is 19.6. The van der Waals surface area contributed by atoms with Crippen molar-refractivity contribution in [2.75, 3.05) is 0 Å². The number of hydrogen-bond donors (Lipinski definition) is 1. The van der Waals surface area contributed by atoms with Crippen LogP contribution in [0.15, 0.2) is 84.0 Å². The van der Waals surface area contributed by atoms with Gasteiger partial charge in [0.15, 0.2) is 0 Å². The average molecular weight is 393 g/mol. The molecular weight excluding hydrogens is 372 g/mol. The van der Waals surface area contributed by atoms with Crippen molar-refractivity contribution < 1.29 is 9.53 Å². The van der Waals surface area contributed by atoms with Crippen LogP contribution >= 0.6 is 11.6 Å². The topological polar surface area (TPSA) is 50.7 Å². The number of hydrazone groups is 1. The Hall–Kier alpha value is -3.11. The van der Waals surface area contributed by atoms with Gasteiger partial charge in [-0.15, -0.1) is 0 Å². The maximum Gasteiger partial charge on any atom is 0.271 e. The second-order valence-corrected chi connectivity index (χ2v) is 6.59. The second kappa shape index (κ2) is 10.3. The third-order valence-corrected chi connectivity index (χ3v) is 4.50. The Labute approximate surface area is 169 Å². The Morgan fingerprint density at radius 1 is 0.964 bits per heavy atom. The molecule has 0 aliphatic rings. The van der Waals surface area contributed by atoms with Crippen molar-refractivity contribution in [2.45, 2.75) is 19.4 Å². The molecular formula is C23H21ClN2O2. The van der Waals surface area contributed by atoms with Gasteiger partial charge in [0.25, 0.3) is 5.91 Å². The van der Waals surface area contributed by atoms with E-state index >= 15 is 0 Å². The van der Waals surface area contributed by atoms with Crippen LogP contribution in [0.2, 0.25) is 5.02 Å². The number of carbonyl (C=O) groups is 1. The normalized spacial score (nSPS) is 10.8. The Morgan fingerprint density at radius 3 is 2.43 bits per heavy atom. The van der Waals surface area contributed by atoms with E-state index in [-0.39, 0.29) is 5.91 Å². The molecule has 0 heterocycles. The molecule has 0 spiro atoms. The number of hydrogen-bond acceptors (Lipinski definition) is 3. The number of ether oxygens (including phenoxy) is 1. The van der Waals surface area contributed by atoms with E-state index in [1.54, 1.807) is 30.5 Å². The zero-order chi connectivity index (χ0) is 19.6. The number of rotatable bonds is 8. The summed E-state index contributed by atoms with van der Waals surface area (Å²) >= 11 is 6.12. The summed E-state index contributed by atoms with van der Waals surface area (Å²) in [5.41, 5.74) is 5.22. The number of aryl methyl sites for hydroxylation is 1. The van der Waals surface area contributed by atoms with Gasteiger partial charge in [0.05, 0.1) is 0 Å². The van der Waals surface area contributed by atoms with Crippen molar-refractivity contribution in [1.82, 2.24) is 5.43 Å². The number of amides is 1. The summed E-state index contributed by atoms with van der Waals surface area (Å²) in [4.78, 5) is 12.1. The van der Waals surface area contributed by atoms with Crippen molar-refractivity contribution >= 4 is 23.7 Å². The highest BCUT2D eigenvalue weighted by molar-refractivity contribution is 6.31. The van der Waals surface area contributed by atoms with Crippen molar-refractivity contribution in [1.29, 1.82) is 0 Å². The lowest BCUT2D eigenvalue weighted by Gasteiger charge is -2.08. The van der Waals surface area contributed by atoms with E-state index in [2.05, 4.69) is 22.7 Å². The van der Waals surface area contributed by atoms with E-state index in [4.69, 9.17) is 16.3 Å². The highest BCUT2D eigenvalue weighted by Gasteiger charge is 2.05. The summed E-state index contributed by atoms with van der Waals surface area (Å²) < 4.78 is 5.72. The van der Waals surface area contributed by atoms with Gasteiger partial charge in [-0.3, -0.25) is 4.79 Å². The molecule has 0 saturated carbocycles. The summed E-state index contributed by atoms with van der Waals surface area (Å²) in [5, 5.41) is 4.67. The fourth-order valence-corrected chi connectivity index (χ4v) is 2.78. The first-order valence-corrected chi connectivity index (χ1v) is 9.42. The lowest BCUT2D eigenvalue weighted by atomic mass is 10.1. The Bertz CT molecular complexity index is 925. The lowest BCUT2D eigenvalue weighted by Crippen LogP contribution is -2.17. The lowest BCUT2D eigenvalue weighted by molar-refractivity contribution is 0.0955. The molecule has 1 amide bonds. The first-order valence-electron chi connectivity index (χ1n) is 9.04. The molecule has 28 heavy (non-hydrogen) atoms. The summed E-state index contributed by atoms with van der Waals surface area (Å²) in [5.74, 6) is 0.413. The van der Waals surface area contributed by atoms with E-state index in [1.807, 2.05) is 42.5 Å². The van der Waals surface area contributed by atoms with Crippen molar-refractivity contribution in [3.8, 4) is 5.75 Å². The molecule has 4 nitrogen and oxygen atoms in total. The zero-order valence-corrected chi connectivity index (χ0v) is 16.1. The maximum absolute atomic E-state index is 12.1. The standard InChI is InChI=1S/C23H21ClN2O2/c24-22-11-5-4-10-20(22)17-28-21-14-12-19(13-15-21)23(27)26-25-16-6-9-18-7-2-1-3-8-18/h1-5,7-8,10-16H,6,9,17H2,(H,26,27)/b25-16-. The molecule has 3 rings (SSSR count). The fraction of sp³-hybridized carbons (Fsp3) is 0.130. The van der Waals surface area contributed by atoms with Crippen molar-refractivity contribution in [2.24, 2.45) is 5.10 Å². The summed E-state index contributed by atoms with van der Waals surface area (Å²) in [6.45, 7) is 0.372. The minimum Gasteiger partial charge on any atom is -0.489 e. The summed E-state index contributed by atoms with van der Waals surface area (Å²) in [6, 6.07) is 24.6. The number of benzene rings is 3. The van der Waals surface area contributed by atoms with Gasteiger partial charge in [0.1, 0.15) is 12.4 Å². The van der Waals surface area contributed by atoms with Gasteiger partial charge >= 0.3 is 0 Å². The molecule has 0 fully saturated rings. The SMILES string of the molecule is O=C(N/N=C\CCc1ccccc1)c1ccc(OCc2ccccc2Cl)cc1. The smallest absolute Gasteiger partial charge is 0.271 e.